The standard InChI is InChI=1S/C20H8Br4O5.H3N/c21-11-5-9-13(7-3-1-2-4-8(7)20(27)28)10-6-12(22)17(26)15(24)19(10)29-18(9)14(23)16(11)25;/h1-6H,(H2-,25,26,27,28);1H3/p+2. The maximum Gasteiger partial charge on any atom is 0.379 e. The van der Waals surface area contributed by atoms with Crippen LogP contribution in [0.15, 0.2) is 58.7 Å². The van der Waals surface area contributed by atoms with Crippen molar-refractivity contribution in [2.45, 2.75) is 0 Å². The third-order valence-corrected chi connectivity index (χ3v) is 7.15. The molecule has 4 aromatic rings. The van der Waals surface area contributed by atoms with Crippen molar-refractivity contribution in [3.63, 3.8) is 0 Å². The Balaban J connectivity index is 0.00000256. The van der Waals surface area contributed by atoms with Crippen molar-refractivity contribution in [3.8, 4) is 22.6 Å². The van der Waals surface area contributed by atoms with E-state index in [-0.39, 0.29) is 23.2 Å². The topological polar surface area (TPSA) is 126 Å². The molecule has 0 atom stereocenters. The molecule has 0 aliphatic rings. The highest BCUT2D eigenvalue weighted by Gasteiger charge is 2.30. The summed E-state index contributed by atoms with van der Waals surface area (Å²) >= 11 is 13.4. The minimum Gasteiger partial charge on any atom is -0.505 e. The van der Waals surface area contributed by atoms with Crippen molar-refractivity contribution in [2.75, 3.05) is 0 Å². The molecule has 0 spiro atoms. The second-order valence-corrected chi connectivity index (χ2v) is 9.42. The fourth-order valence-corrected chi connectivity index (χ4v) is 5.58. The van der Waals surface area contributed by atoms with Crippen LogP contribution in [0.2, 0.25) is 0 Å². The lowest BCUT2D eigenvalue weighted by atomic mass is 9.93. The zero-order chi connectivity index (χ0) is 21.0. The number of aromatic carboxylic acids is 1. The molecule has 0 amide bonds. The van der Waals surface area contributed by atoms with Crippen LogP contribution in [-0.4, -0.2) is 21.3 Å². The van der Waals surface area contributed by atoms with Gasteiger partial charge in [-0.3, -0.25) is 0 Å². The van der Waals surface area contributed by atoms with E-state index in [0.29, 0.717) is 51.0 Å². The van der Waals surface area contributed by atoms with Gasteiger partial charge in [0.05, 0.1) is 25.3 Å². The first-order chi connectivity index (χ1) is 13.7. The molecule has 154 valence electrons. The number of benzene rings is 3. The van der Waals surface area contributed by atoms with Gasteiger partial charge in [0.2, 0.25) is 0 Å². The molecule has 0 bridgehead atoms. The normalized spacial score (nSPS) is 10.9. The van der Waals surface area contributed by atoms with Gasteiger partial charge in [0.25, 0.3) is 0 Å². The number of quaternary nitrogens is 1. The molecule has 1 aromatic heterocycles. The summed E-state index contributed by atoms with van der Waals surface area (Å²) in [5.41, 5.74) is 1.77. The molecule has 30 heavy (non-hydrogen) atoms. The maximum atomic E-state index is 11.9. The number of hydrogen-bond donors (Lipinski definition) is 4. The highest BCUT2D eigenvalue weighted by Crippen LogP contribution is 2.49. The Kier molecular flexibility index (Phi) is 6.45. The summed E-state index contributed by atoms with van der Waals surface area (Å²) in [7, 11) is 0. The minimum absolute atomic E-state index is 0. The largest absolute Gasteiger partial charge is 0.505 e. The van der Waals surface area contributed by atoms with Crippen molar-refractivity contribution >= 4 is 91.6 Å². The van der Waals surface area contributed by atoms with Crippen LogP contribution in [0.1, 0.15) is 10.4 Å². The molecule has 4 rings (SSSR count). The molecule has 0 saturated heterocycles. The molecule has 0 unspecified atom stereocenters. The lowest BCUT2D eigenvalue weighted by molar-refractivity contribution is 0.0697. The van der Waals surface area contributed by atoms with Crippen molar-refractivity contribution < 1.29 is 24.5 Å². The number of phenols is 2. The van der Waals surface area contributed by atoms with Crippen LogP contribution < -0.4 is 6.15 Å². The van der Waals surface area contributed by atoms with Gasteiger partial charge in [0.15, 0.2) is 20.4 Å². The van der Waals surface area contributed by atoms with E-state index in [1.807, 2.05) is 0 Å². The lowest BCUT2D eigenvalue weighted by Gasteiger charge is -2.11. The second-order valence-electron chi connectivity index (χ2n) is 6.12. The van der Waals surface area contributed by atoms with E-state index < -0.39 is 5.97 Å². The highest BCUT2D eigenvalue weighted by atomic mass is 79.9. The van der Waals surface area contributed by atoms with E-state index in [4.69, 9.17) is 4.42 Å². The molecule has 3 aromatic carbocycles. The Morgan fingerprint density at radius 3 is 1.77 bits per heavy atom. The summed E-state index contributed by atoms with van der Waals surface area (Å²) in [4.78, 5) is 11.9. The van der Waals surface area contributed by atoms with Gasteiger partial charge < -0.3 is 21.5 Å². The lowest BCUT2D eigenvalue weighted by Crippen LogP contribution is -2.00. The van der Waals surface area contributed by atoms with Gasteiger partial charge in [-0.25, -0.2) is 9.21 Å². The quantitative estimate of drug-likeness (QED) is 0.127. The van der Waals surface area contributed by atoms with E-state index in [0.717, 1.165) is 0 Å². The Morgan fingerprint density at radius 1 is 0.833 bits per heavy atom. The van der Waals surface area contributed by atoms with E-state index in [9.17, 15) is 20.1 Å². The fourth-order valence-electron chi connectivity index (χ4n) is 3.18. The van der Waals surface area contributed by atoms with Gasteiger partial charge >= 0.3 is 17.1 Å². The molecular formula is C20H13Br4NO5+2. The van der Waals surface area contributed by atoms with Crippen molar-refractivity contribution in [2.24, 2.45) is 0 Å². The number of fused-ring (bicyclic) bond motifs is 2. The van der Waals surface area contributed by atoms with E-state index >= 15 is 0 Å². The molecule has 6 nitrogen and oxygen atoms in total. The molecule has 0 aliphatic carbocycles. The molecular weight excluding hydrogens is 654 g/mol. The van der Waals surface area contributed by atoms with Crippen LogP contribution in [0, 0.1) is 0 Å². The van der Waals surface area contributed by atoms with E-state index in [1.165, 1.54) is 6.07 Å². The van der Waals surface area contributed by atoms with Crippen LogP contribution in [0.3, 0.4) is 0 Å². The van der Waals surface area contributed by atoms with Crippen molar-refractivity contribution in [1.82, 2.24) is 6.15 Å². The second kappa shape index (κ2) is 8.43. The average Bonchev–Trinajstić information content (AvgIpc) is 2.69. The van der Waals surface area contributed by atoms with Crippen LogP contribution in [0.5, 0.6) is 11.5 Å². The Labute approximate surface area is 203 Å². The first-order valence-corrected chi connectivity index (χ1v) is 11.2. The average molecular weight is 667 g/mol. The molecule has 0 saturated carbocycles. The Bertz CT molecular complexity index is 1290. The predicted octanol–water partition coefficient (Wildman–Crippen LogP) is 8.07. The molecule has 7 N–H and O–H groups in total. The van der Waals surface area contributed by atoms with E-state index in [1.54, 1.807) is 30.3 Å². The zero-order valence-corrected chi connectivity index (χ0v) is 21.5. The van der Waals surface area contributed by atoms with Crippen molar-refractivity contribution in [3.05, 3.63) is 59.9 Å². The number of carboxylic acids is 1. The van der Waals surface area contributed by atoms with Gasteiger partial charge in [-0.15, -0.1) is 0 Å². The number of carboxylic acid groups (broad SMARTS) is 1. The third-order valence-electron chi connectivity index (χ3n) is 4.47. The highest BCUT2D eigenvalue weighted by molar-refractivity contribution is 9.11. The fraction of sp³-hybridized carbons (Fsp3) is 0. The number of rotatable bonds is 2. The summed E-state index contributed by atoms with van der Waals surface area (Å²) in [6, 6.07) is 9.97. The van der Waals surface area contributed by atoms with Crippen LogP contribution in [-0.2, 0) is 0 Å². The molecule has 1 heterocycles. The Morgan fingerprint density at radius 2 is 1.30 bits per heavy atom. The summed E-state index contributed by atoms with van der Waals surface area (Å²) in [6.45, 7) is 0. The number of hydrogen-bond acceptors (Lipinski definition) is 3. The summed E-state index contributed by atoms with van der Waals surface area (Å²) < 4.78 is 7.46. The first-order valence-electron chi connectivity index (χ1n) is 8.02. The van der Waals surface area contributed by atoms with Gasteiger partial charge in [0.1, 0.15) is 0 Å². The monoisotopic (exact) mass is 663 g/mol. The van der Waals surface area contributed by atoms with Crippen LogP contribution in [0.4, 0.5) is 0 Å². The zero-order valence-electron chi connectivity index (χ0n) is 15.1. The molecule has 0 aliphatic heterocycles. The summed E-state index contributed by atoms with van der Waals surface area (Å²) in [6.07, 6.45) is 0. The maximum absolute atomic E-state index is 11.9. The smallest absolute Gasteiger partial charge is 0.379 e. The first kappa shape index (κ1) is 23.0. The third kappa shape index (κ3) is 3.50. The number of aromatic hydroxyl groups is 2. The van der Waals surface area contributed by atoms with Gasteiger partial charge in [-0.2, -0.15) is 0 Å². The van der Waals surface area contributed by atoms with Crippen LogP contribution >= 0.6 is 63.7 Å². The number of carbonyl (C=O) groups is 1. The predicted molar refractivity (Wildman–Crippen MR) is 131 cm³/mol. The number of halogens is 4. The van der Waals surface area contributed by atoms with Gasteiger partial charge in [-0.1, -0.05) is 18.2 Å². The van der Waals surface area contributed by atoms with Gasteiger partial charge in [-0.05, 0) is 87.5 Å². The summed E-state index contributed by atoms with van der Waals surface area (Å²) in [5.74, 6) is -1.19. The Hall–Kier alpha value is -1.72. The SMILES string of the molecule is O=C(O)c1ccccc1-c1c2cc(Br)c(O)c(Br)c2[o+]c2c(Br)c(O)c(Br)cc12.[NH4+]. The molecule has 0 fully saturated rings. The molecule has 0 radical (unpaired) electrons. The molecule has 10 heteroatoms. The number of phenolic OH excluding ortho intramolecular Hbond substituents is 2. The minimum atomic E-state index is -1.07. The van der Waals surface area contributed by atoms with E-state index in [2.05, 4.69) is 63.7 Å². The van der Waals surface area contributed by atoms with Gasteiger partial charge in [0, 0.05) is 5.56 Å². The van der Waals surface area contributed by atoms with Crippen molar-refractivity contribution in [1.29, 1.82) is 0 Å². The summed E-state index contributed by atoms with van der Waals surface area (Å²) in [5, 5.41) is 31.6. The van der Waals surface area contributed by atoms with Crippen LogP contribution in [0.25, 0.3) is 33.1 Å².